The Labute approximate surface area is 376 Å². The molecule has 3 aromatic heterocycles. The van der Waals surface area contributed by atoms with E-state index in [0.717, 1.165) is 66.2 Å². The fourth-order valence-electron chi connectivity index (χ4n) is 9.85. The first-order valence-corrected chi connectivity index (χ1v) is 22.6. The van der Waals surface area contributed by atoms with E-state index in [4.69, 9.17) is 25.4 Å². The minimum atomic E-state index is -0.263. The fraction of sp³-hybridized carbons (Fsp3) is 0.447. The van der Waals surface area contributed by atoms with Crippen LogP contribution in [-0.4, -0.2) is 130 Å². The van der Waals surface area contributed by atoms with E-state index in [1.54, 1.807) is 28.3 Å². The molecule has 0 aliphatic carbocycles. The number of aromatic hydroxyl groups is 2. The van der Waals surface area contributed by atoms with E-state index in [1.165, 1.54) is 6.07 Å². The number of hydrogen-bond acceptors (Lipinski definition) is 14. The minimum absolute atomic E-state index is 0.000501. The van der Waals surface area contributed by atoms with Crippen LogP contribution in [0.5, 0.6) is 11.5 Å². The number of phenols is 2. The van der Waals surface area contributed by atoms with Crippen LogP contribution in [0.2, 0.25) is 0 Å². The summed E-state index contributed by atoms with van der Waals surface area (Å²) < 4.78 is 7.61. The largest absolute Gasteiger partial charge is 0.508 e. The number of amides is 3. The molecule has 5 aliphatic rings. The first-order chi connectivity index (χ1) is 31.4. The summed E-state index contributed by atoms with van der Waals surface area (Å²) in [5.74, 6) is 1.59. The van der Waals surface area contributed by atoms with Gasteiger partial charge in [-0.05, 0) is 66.6 Å². The van der Waals surface area contributed by atoms with E-state index in [-0.39, 0.29) is 52.6 Å². The fourth-order valence-corrected chi connectivity index (χ4v) is 9.85. The Morgan fingerprint density at radius 2 is 1.57 bits per heavy atom. The van der Waals surface area contributed by atoms with Crippen molar-refractivity contribution in [2.24, 2.45) is 5.92 Å². The van der Waals surface area contributed by atoms with Crippen LogP contribution in [0.15, 0.2) is 48.9 Å². The Balaban J connectivity index is 0.740. The highest BCUT2D eigenvalue weighted by atomic mass is 16.5. The minimum Gasteiger partial charge on any atom is -0.508 e. The molecule has 3 amide bonds. The molecule has 10 rings (SSSR count). The van der Waals surface area contributed by atoms with E-state index in [2.05, 4.69) is 38.0 Å². The van der Waals surface area contributed by atoms with E-state index < -0.39 is 0 Å². The second-order valence-corrected chi connectivity index (χ2v) is 18.1. The van der Waals surface area contributed by atoms with Gasteiger partial charge in [0.1, 0.15) is 28.8 Å². The Kier molecular flexibility index (Phi) is 11.3. The van der Waals surface area contributed by atoms with Crippen molar-refractivity contribution in [3.8, 4) is 22.9 Å². The number of phenolic OH excluding ortho intramolecular Hbond substituents is 2. The number of morpholine rings is 1. The van der Waals surface area contributed by atoms with Gasteiger partial charge in [-0.1, -0.05) is 32.0 Å². The molecule has 8 heterocycles. The van der Waals surface area contributed by atoms with E-state index in [0.29, 0.717) is 107 Å². The number of nitrogens with zero attached hydrogens (tertiary/aromatic N) is 11. The first kappa shape index (κ1) is 42.3. The molecular weight excluding hydrogens is 829 g/mol. The number of anilines is 2. The van der Waals surface area contributed by atoms with Gasteiger partial charge in [0.15, 0.2) is 5.82 Å². The van der Waals surface area contributed by atoms with Crippen molar-refractivity contribution in [3.63, 3.8) is 0 Å². The number of fused-ring (bicyclic) bond motifs is 3. The zero-order valence-corrected chi connectivity index (χ0v) is 36.8. The molecule has 0 radical (unpaired) electrons. The van der Waals surface area contributed by atoms with Crippen molar-refractivity contribution >= 4 is 29.5 Å². The summed E-state index contributed by atoms with van der Waals surface area (Å²) in [7, 11) is 0. The lowest BCUT2D eigenvalue weighted by Crippen LogP contribution is -2.45. The van der Waals surface area contributed by atoms with Crippen LogP contribution in [0.4, 0.5) is 11.8 Å². The smallest absolute Gasteiger partial charge is 0.274 e. The molecule has 0 bridgehead atoms. The van der Waals surface area contributed by atoms with Crippen molar-refractivity contribution in [2.45, 2.75) is 78.3 Å². The third kappa shape index (κ3) is 8.43. The van der Waals surface area contributed by atoms with Crippen LogP contribution in [0.3, 0.4) is 0 Å². The maximum Gasteiger partial charge on any atom is 0.274 e. The molecule has 0 spiro atoms. The third-order valence-electron chi connectivity index (χ3n) is 13.5. The van der Waals surface area contributed by atoms with Crippen LogP contribution in [0.1, 0.15) is 92.8 Å². The van der Waals surface area contributed by atoms with Gasteiger partial charge in [0.2, 0.25) is 11.9 Å². The van der Waals surface area contributed by atoms with Crippen molar-refractivity contribution in [2.75, 3.05) is 63.1 Å². The highest BCUT2D eigenvalue weighted by Crippen LogP contribution is 2.36. The number of nitrogen functional groups attached to an aromatic ring is 1. The molecular formula is C47H54N12O6. The number of piperidine rings is 1. The number of imidazole rings is 1. The monoisotopic (exact) mass is 882 g/mol. The highest BCUT2D eigenvalue weighted by Gasteiger charge is 2.34. The summed E-state index contributed by atoms with van der Waals surface area (Å²) >= 11 is 0. The molecule has 0 atom stereocenters. The molecule has 2 fully saturated rings. The number of benzene rings is 2. The van der Waals surface area contributed by atoms with Crippen molar-refractivity contribution in [1.29, 1.82) is 0 Å². The van der Waals surface area contributed by atoms with E-state index in [9.17, 15) is 24.6 Å². The zero-order valence-electron chi connectivity index (χ0n) is 36.8. The van der Waals surface area contributed by atoms with Crippen LogP contribution in [-0.2, 0) is 55.2 Å². The third-order valence-corrected chi connectivity index (χ3v) is 13.5. The standard InChI is InChI=1S/C47H54N12O6/c1-28(2)35-18-36(40(61)19-39(35)60)45(63)59-23-31-4-3-29(17-32(31)24-59)22-54-8-5-30(6-9-54)44(62)58-12-11-56-26-38(51-41(56)27-58)46(64)57-10-7-34-37(25-57)52-42(33-20-49-47(48)50-21-33)53-43(34)55-13-15-65-16-14-55/h3-4,17-21,26,28,30,60-61H,5-16,22-25,27H2,1-2H3,(H2,48,49,50). The molecule has 18 heteroatoms. The normalized spacial score (nSPS) is 17.9. The average Bonchev–Trinajstić information content (AvgIpc) is 3.95. The Bertz CT molecular complexity index is 2650. The molecule has 0 saturated carbocycles. The van der Waals surface area contributed by atoms with Gasteiger partial charge in [0.05, 0.1) is 43.1 Å². The van der Waals surface area contributed by atoms with Gasteiger partial charge in [-0.25, -0.2) is 24.9 Å². The molecule has 5 aromatic rings. The number of rotatable bonds is 8. The zero-order chi connectivity index (χ0) is 44.9. The SMILES string of the molecule is CC(C)c1cc(C(=O)N2Cc3ccc(CN4CCC(C(=O)N5CCn6cc(C(=O)N7CCc8c(nc(-c9cnc(N)nc9)nc8N8CCOCC8)C7)nc6C5)CC4)cc3C2)c(O)cc1O. The van der Waals surface area contributed by atoms with Gasteiger partial charge in [-0.15, -0.1) is 0 Å². The number of likely N-dealkylation sites (tertiary alicyclic amines) is 1. The Hall–Kier alpha value is -6.66. The number of ether oxygens (including phenoxy) is 1. The summed E-state index contributed by atoms with van der Waals surface area (Å²) in [5, 5.41) is 20.8. The van der Waals surface area contributed by atoms with Gasteiger partial charge in [0, 0.05) is 88.5 Å². The lowest BCUT2D eigenvalue weighted by molar-refractivity contribution is -0.138. The number of aromatic nitrogens is 6. The van der Waals surface area contributed by atoms with Crippen LogP contribution in [0, 0.1) is 5.92 Å². The van der Waals surface area contributed by atoms with Crippen LogP contribution in [0.25, 0.3) is 11.4 Å². The van der Waals surface area contributed by atoms with Gasteiger partial charge in [0.25, 0.3) is 11.8 Å². The van der Waals surface area contributed by atoms with E-state index in [1.807, 2.05) is 29.5 Å². The summed E-state index contributed by atoms with van der Waals surface area (Å²) in [4.78, 5) is 74.5. The molecule has 2 aromatic carbocycles. The van der Waals surface area contributed by atoms with Crippen molar-refractivity contribution < 1.29 is 29.3 Å². The summed E-state index contributed by atoms with van der Waals surface area (Å²) in [6, 6.07) is 9.22. The maximum atomic E-state index is 14.1. The molecule has 4 N–H and O–H groups in total. The summed E-state index contributed by atoms with van der Waals surface area (Å²) in [6.07, 6.45) is 7.16. The summed E-state index contributed by atoms with van der Waals surface area (Å²) in [5.41, 5.74) is 12.7. The van der Waals surface area contributed by atoms with E-state index >= 15 is 0 Å². The lowest BCUT2D eigenvalue weighted by Gasteiger charge is -2.35. The van der Waals surface area contributed by atoms with Gasteiger partial charge < -0.3 is 44.9 Å². The molecule has 338 valence electrons. The first-order valence-electron chi connectivity index (χ1n) is 22.6. The molecule has 0 unspecified atom stereocenters. The predicted molar refractivity (Wildman–Crippen MR) is 238 cm³/mol. The highest BCUT2D eigenvalue weighted by molar-refractivity contribution is 5.97. The quantitative estimate of drug-likeness (QED) is 0.203. The Morgan fingerprint density at radius 3 is 2.34 bits per heavy atom. The molecule has 18 nitrogen and oxygen atoms in total. The van der Waals surface area contributed by atoms with Gasteiger partial charge in [-0.2, -0.15) is 0 Å². The topological polar surface area (TPSA) is 212 Å². The second kappa shape index (κ2) is 17.4. The van der Waals surface area contributed by atoms with Gasteiger partial charge in [-0.3, -0.25) is 19.3 Å². The summed E-state index contributed by atoms with van der Waals surface area (Å²) in [6.45, 7) is 12.1. The lowest BCUT2D eigenvalue weighted by atomic mass is 9.94. The second-order valence-electron chi connectivity index (χ2n) is 18.1. The van der Waals surface area contributed by atoms with Crippen LogP contribution < -0.4 is 10.6 Å². The molecule has 65 heavy (non-hydrogen) atoms. The maximum absolute atomic E-state index is 14.1. The number of hydrogen-bond donors (Lipinski definition) is 3. The van der Waals surface area contributed by atoms with Crippen molar-refractivity contribution in [3.05, 3.63) is 99.5 Å². The van der Waals surface area contributed by atoms with Crippen molar-refractivity contribution in [1.82, 2.24) is 49.1 Å². The average molecular weight is 883 g/mol. The van der Waals surface area contributed by atoms with Gasteiger partial charge >= 0.3 is 0 Å². The number of carbonyl (C=O) groups excluding carboxylic acids is 3. The number of carbonyl (C=O) groups is 3. The Morgan fingerprint density at radius 1 is 0.800 bits per heavy atom. The van der Waals surface area contributed by atoms with Crippen LogP contribution >= 0.6 is 0 Å². The number of nitrogens with two attached hydrogens (primary N) is 1. The molecule has 2 saturated heterocycles. The molecule has 5 aliphatic heterocycles. The predicted octanol–water partition coefficient (Wildman–Crippen LogP) is 3.69.